The number of thiophene rings is 1. The lowest BCUT2D eigenvalue weighted by atomic mass is 9.83. The van der Waals surface area contributed by atoms with Crippen molar-refractivity contribution in [1.82, 2.24) is 9.88 Å². The largest absolute Gasteiger partial charge is 0.496 e. The van der Waals surface area contributed by atoms with Gasteiger partial charge in [0.05, 0.1) is 12.1 Å². The van der Waals surface area contributed by atoms with Crippen LogP contribution in [0.3, 0.4) is 0 Å². The van der Waals surface area contributed by atoms with E-state index in [-0.39, 0.29) is 17.0 Å². The van der Waals surface area contributed by atoms with Gasteiger partial charge in [-0.3, -0.25) is 9.78 Å². The first-order valence-electron chi connectivity index (χ1n) is 13.6. The number of rotatable bonds is 7. The Hall–Kier alpha value is -2.96. The van der Waals surface area contributed by atoms with Crippen LogP contribution in [0.25, 0.3) is 21.2 Å². The number of hydrogen-bond acceptors (Lipinski definition) is 4. The summed E-state index contributed by atoms with van der Waals surface area (Å²) in [5.41, 5.74) is 4.96. The molecule has 39 heavy (non-hydrogen) atoms. The molecule has 204 valence electrons. The average Bonchev–Trinajstić information content (AvgIpc) is 3.28. The van der Waals surface area contributed by atoms with Gasteiger partial charge >= 0.3 is 0 Å². The lowest BCUT2D eigenvalue weighted by Crippen LogP contribution is -2.41. The molecule has 0 bridgehead atoms. The van der Waals surface area contributed by atoms with E-state index in [2.05, 4.69) is 30.1 Å². The number of carbonyl (C=O) groups is 1. The number of fused-ring (bicyclic) bond motifs is 1. The molecular weight excluding hydrogens is 531 g/mol. The van der Waals surface area contributed by atoms with E-state index in [1.54, 1.807) is 13.2 Å². The van der Waals surface area contributed by atoms with Crippen molar-refractivity contribution >= 4 is 38.9 Å². The number of methoxy groups -OCH3 is 1. The maximum atomic E-state index is 14.6. The number of pyridine rings is 1. The van der Waals surface area contributed by atoms with Gasteiger partial charge in [0.1, 0.15) is 16.4 Å². The number of carbonyl (C=O) groups excluding carboxylic acids is 1. The number of benzene rings is 2. The molecule has 2 heterocycles. The molecular formula is C32H34ClFN2O2S. The summed E-state index contributed by atoms with van der Waals surface area (Å²) < 4.78 is 21.1. The molecule has 1 amide bonds. The molecule has 1 aliphatic carbocycles. The van der Waals surface area contributed by atoms with Crippen LogP contribution in [0.2, 0.25) is 5.02 Å². The van der Waals surface area contributed by atoms with Gasteiger partial charge in [0.2, 0.25) is 0 Å². The molecule has 7 heteroatoms. The van der Waals surface area contributed by atoms with E-state index < -0.39 is 5.82 Å². The van der Waals surface area contributed by atoms with Crippen molar-refractivity contribution in [2.75, 3.05) is 7.11 Å². The third-order valence-corrected chi connectivity index (χ3v) is 9.56. The molecule has 4 aromatic rings. The van der Waals surface area contributed by atoms with Gasteiger partial charge in [-0.15, -0.1) is 11.3 Å². The fraction of sp³-hybridized carbons (Fsp3) is 0.375. The predicted molar refractivity (Wildman–Crippen MR) is 158 cm³/mol. The van der Waals surface area contributed by atoms with Crippen LogP contribution in [0.1, 0.15) is 65.7 Å². The Morgan fingerprint density at radius 3 is 2.44 bits per heavy atom. The minimum Gasteiger partial charge on any atom is -0.496 e. The number of aryl methyl sites for hydroxylation is 2. The molecule has 0 aliphatic heterocycles. The minimum atomic E-state index is -0.403. The van der Waals surface area contributed by atoms with Crippen molar-refractivity contribution in [3.63, 3.8) is 0 Å². The Morgan fingerprint density at radius 2 is 1.79 bits per heavy atom. The third-order valence-electron chi connectivity index (χ3n) is 7.93. The van der Waals surface area contributed by atoms with Gasteiger partial charge in [0.15, 0.2) is 0 Å². The number of aromatic nitrogens is 1. The van der Waals surface area contributed by atoms with E-state index in [1.807, 2.05) is 36.9 Å². The van der Waals surface area contributed by atoms with Crippen molar-refractivity contribution in [2.24, 2.45) is 5.92 Å². The van der Waals surface area contributed by atoms with Crippen LogP contribution in [0, 0.1) is 25.6 Å². The zero-order valence-electron chi connectivity index (χ0n) is 22.9. The molecule has 0 atom stereocenters. The second kappa shape index (κ2) is 11.6. The number of nitrogens with zero attached hydrogens (tertiary/aromatic N) is 2. The van der Waals surface area contributed by atoms with Crippen LogP contribution >= 0.6 is 22.9 Å². The number of amides is 1. The van der Waals surface area contributed by atoms with Gasteiger partial charge in [0, 0.05) is 39.6 Å². The molecule has 1 fully saturated rings. The highest BCUT2D eigenvalue weighted by Gasteiger charge is 2.32. The first-order valence-corrected chi connectivity index (χ1v) is 14.8. The molecule has 0 spiro atoms. The highest BCUT2D eigenvalue weighted by molar-refractivity contribution is 7.21. The normalized spacial score (nSPS) is 17.4. The summed E-state index contributed by atoms with van der Waals surface area (Å²) >= 11 is 7.94. The summed E-state index contributed by atoms with van der Waals surface area (Å²) in [4.78, 5) is 21.1. The van der Waals surface area contributed by atoms with Gasteiger partial charge in [-0.25, -0.2) is 4.39 Å². The summed E-state index contributed by atoms with van der Waals surface area (Å²) in [5, 5.41) is 0.527. The maximum Gasteiger partial charge on any atom is 0.266 e. The average molecular weight is 565 g/mol. The van der Waals surface area contributed by atoms with E-state index in [9.17, 15) is 9.18 Å². The first kappa shape index (κ1) is 27.6. The van der Waals surface area contributed by atoms with Gasteiger partial charge < -0.3 is 9.64 Å². The lowest BCUT2D eigenvalue weighted by molar-refractivity contribution is 0.0591. The molecule has 4 nitrogen and oxygen atoms in total. The van der Waals surface area contributed by atoms with Gasteiger partial charge in [-0.2, -0.15) is 0 Å². The molecule has 1 saturated carbocycles. The fourth-order valence-electron chi connectivity index (χ4n) is 5.84. The summed E-state index contributed by atoms with van der Waals surface area (Å²) in [7, 11) is 1.66. The first-order chi connectivity index (χ1) is 18.8. The van der Waals surface area contributed by atoms with Gasteiger partial charge in [-0.05, 0) is 93.0 Å². The maximum absolute atomic E-state index is 14.6. The number of halogens is 2. The standard InChI is InChI=1S/C32H34ClFN2O2S/c1-5-21-9-12-25(13-10-21)36(32(37)31-30(33)29-26(34)7-6-8-28(29)39-31)18-24-17-22(11-14-27(24)38-4)23-15-19(2)35-20(3)16-23/h6-8,11,14-17,21,25H,5,9-10,12-13,18H2,1-4H3. The van der Waals surface area contributed by atoms with Crippen LogP contribution in [0.4, 0.5) is 4.39 Å². The molecule has 2 aromatic heterocycles. The van der Waals surface area contributed by atoms with Crippen molar-refractivity contribution in [3.05, 3.63) is 81.2 Å². The third kappa shape index (κ3) is 5.68. The Bertz CT molecular complexity index is 1490. The number of ether oxygens (including phenoxy) is 1. The Kier molecular flexibility index (Phi) is 8.24. The van der Waals surface area contributed by atoms with Crippen molar-refractivity contribution in [1.29, 1.82) is 0 Å². The highest BCUT2D eigenvalue weighted by Crippen LogP contribution is 2.40. The van der Waals surface area contributed by atoms with E-state index in [4.69, 9.17) is 16.3 Å². The molecule has 2 aromatic carbocycles. The predicted octanol–water partition coefficient (Wildman–Crippen LogP) is 8.99. The summed E-state index contributed by atoms with van der Waals surface area (Å²) in [6.07, 6.45) is 5.21. The Labute approximate surface area is 238 Å². The quantitative estimate of drug-likeness (QED) is 0.225. The lowest BCUT2D eigenvalue weighted by Gasteiger charge is -2.37. The smallest absolute Gasteiger partial charge is 0.266 e. The molecule has 0 radical (unpaired) electrons. The van der Waals surface area contributed by atoms with E-state index in [0.29, 0.717) is 27.4 Å². The zero-order valence-corrected chi connectivity index (χ0v) is 24.5. The molecule has 1 aliphatic rings. The van der Waals surface area contributed by atoms with Gasteiger partial charge in [0.25, 0.3) is 5.91 Å². The summed E-state index contributed by atoms with van der Waals surface area (Å²) in [6.45, 7) is 6.60. The fourth-order valence-corrected chi connectivity index (χ4v) is 7.35. The van der Waals surface area contributed by atoms with Crippen LogP contribution < -0.4 is 4.74 Å². The Morgan fingerprint density at radius 1 is 1.08 bits per heavy atom. The zero-order chi connectivity index (χ0) is 27.7. The van der Waals surface area contributed by atoms with E-state index >= 15 is 0 Å². The van der Waals surface area contributed by atoms with Crippen molar-refractivity contribution < 1.29 is 13.9 Å². The second-order valence-corrected chi connectivity index (χ2v) is 12.0. The molecule has 5 rings (SSSR count). The SMILES string of the molecule is CCC1CCC(N(Cc2cc(-c3cc(C)nc(C)c3)ccc2OC)C(=O)c2sc3cccc(F)c3c2Cl)CC1. The van der Waals surface area contributed by atoms with Crippen molar-refractivity contribution in [2.45, 2.75) is 65.5 Å². The second-order valence-electron chi connectivity index (χ2n) is 10.5. The summed E-state index contributed by atoms with van der Waals surface area (Å²) in [6, 6.07) is 15.2. The van der Waals surface area contributed by atoms with Crippen LogP contribution in [0.5, 0.6) is 5.75 Å². The minimum absolute atomic E-state index is 0.0743. The summed E-state index contributed by atoms with van der Waals surface area (Å²) in [5.74, 6) is 0.870. The molecule has 0 unspecified atom stereocenters. The van der Waals surface area contributed by atoms with Gasteiger partial charge in [-0.1, -0.05) is 37.1 Å². The highest BCUT2D eigenvalue weighted by atomic mass is 35.5. The van der Waals surface area contributed by atoms with Crippen LogP contribution in [-0.2, 0) is 6.54 Å². The monoisotopic (exact) mass is 564 g/mol. The van der Waals surface area contributed by atoms with E-state index in [1.165, 1.54) is 17.4 Å². The van der Waals surface area contributed by atoms with Crippen LogP contribution in [-0.4, -0.2) is 28.9 Å². The van der Waals surface area contributed by atoms with Crippen LogP contribution in [0.15, 0.2) is 48.5 Å². The van der Waals surface area contributed by atoms with E-state index in [0.717, 1.165) is 65.9 Å². The van der Waals surface area contributed by atoms with Crippen molar-refractivity contribution in [3.8, 4) is 16.9 Å². The molecule has 0 N–H and O–H groups in total. The topological polar surface area (TPSA) is 42.4 Å². The molecule has 0 saturated heterocycles. The Balaban J connectivity index is 1.55. The number of hydrogen-bond donors (Lipinski definition) is 0.